The van der Waals surface area contributed by atoms with Crippen LogP contribution in [0, 0.1) is 5.92 Å². The van der Waals surface area contributed by atoms with Gasteiger partial charge in [-0.15, -0.1) is 0 Å². The number of Topliss-reactive ketones (excluding diaryl/α,β-unsaturated/α-hetero) is 1. The van der Waals surface area contributed by atoms with Crippen LogP contribution in [0.1, 0.15) is 32.3 Å². The Morgan fingerprint density at radius 1 is 1.41 bits per heavy atom. The molecule has 0 aromatic heterocycles. The first kappa shape index (κ1) is 14.0. The molecule has 94 valence electrons. The van der Waals surface area contributed by atoms with Crippen molar-refractivity contribution in [3.8, 4) is 5.75 Å². The lowest BCUT2D eigenvalue weighted by atomic mass is 10.0. The number of aryl methyl sites for hydroxylation is 1. The smallest absolute Gasteiger partial charge is 0.135 e. The van der Waals surface area contributed by atoms with Gasteiger partial charge < -0.3 is 4.74 Å². The van der Waals surface area contributed by atoms with Gasteiger partial charge in [0.25, 0.3) is 0 Å². The van der Waals surface area contributed by atoms with Crippen LogP contribution >= 0.6 is 11.6 Å². The number of halogens is 1. The van der Waals surface area contributed by atoms with E-state index in [1.165, 1.54) is 0 Å². The Morgan fingerprint density at radius 3 is 2.71 bits per heavy atom. The van der Waals surface area contributed by atoms with Gasteiger partial charge in [-0.1, -0.05) is 25.4 Å². The fourth-order valence-corrected chi connectivity index (χ4v) is 1.88. The molecule has 0 saturated heterocycles. The van der Waals surface area contributed by atoms with E-state index in [1.54, 1.807) is 7.11 Å². The number of hydrogen-bond acceptors (Lipinski definition) is 2. The Balaban J connectivity index is 2.56. The first-order valence-corrected chi connectivity index (χ1v) is 6.27. The number of carbonyl (C=O) groups excluding carboxylic acids is 1. The third kappa shape index (κ3) is 4.39. The van der Waals surface area contributed by atoms with Gasteiger partial charge in [0.2, 0.25) is 0 Å². The number of rotatable bonds is 6. The molecular weight excluding hydrogens is 236 g/mol. The number of hydrogen-bond donors (Lipinski definition) is 0. The normalized spacial score (nSPS) is 10.6. The molecule has 0 atom stereocenters. The zero-order valence-electron chi connectivity index (χ0n) is 10.6. The maximum atomic E-state index is 11.5. The molecule has 1 aromatic rings. The van der Waals surface area contributed by atoms with Crippen molar-refractivity contribution in [3.63, 3.8) is 0 Å². The maximum absolute atomic E-state index is 11.5. The Kier molecular flexibility index (Phi) is 5.49. The number of ketones is 1. The molecular formula is C14H19ClO2. The standard InChI is InChI=1S/C14H19ClO2/c1-10(2)13(16)6-4-5-11-9-12(15)7-8-14(11)17-3/h7-10H,4-6H2,1-3H3. The molecule has 0 spiro atoms. The SMILES string of the molecule is COc1ccc(Cl)cc1CCCC(=O)C(C)C. The van der Waals surface area contributed by atoms with Gasteiger partial charge in [0.05, 0.1) is 7.11 Å². The van der Waals surface area contributed by atoms with E-state index in [2.05, 4.69) is 0 Å². The maximum Gasteiger partial charge on any atom is 0.135 e. The van der Waals surface area contributed by atoms with Crippen molar-refractivity contribution in [1.29, 1.82) is 0 Å². The highest BCUT2D eigenvalue weighted by atomic mass is 35.5. The monoisotopic (exact) mass is 254 g/mol. The van der Waals surface area contributed by atoms with Crippen molar-refractivity contribution < 1.29 is 9.53 Å². The average Bonchev–Trinajstić information content (AvgIpc) is 2.29. The second kappa shape index (κ2) is 6.65. The zero-order chi connectivity index (χ0) is 12.8. The van der Waals surface area contributed by atoms with Crippen LogP contribution in [0.25, 0.3) is 0 Å². The van der Waals surface area contributed by atoms with E-state index < -0.39 is 0 Å². The lowest BCUT2D eigenvalue weighted by Gasteiger charge is -2.09. The first-order valence-electron chi connectivity index (χ1n) is 5.89. The van der Waals surface area contributed by atoms with Crippen LogP contribution in [0.5, 0.6) is 5.75 Å². The van der Waals surface area contributed by atoms with Gasteiger partial charge in [0, 0.05) is 17.4 Å². The van der Waals surface area contributed by atoms with Crippen LogP contribution < -0.4 is 4.74 Å². The number of benzene rings is 1. The summed E-state index contributed by atoms with van der Waals surface area (Å²) in [6.45, 7) is 3.87. The largest absolute Gasteiger partial charge is 0.496 e. The van der Waals surface area contributed by atoms with Crippen LogP contribution in [0.2, 0.25) is 5.02 Å². The highest BCUT2D eigenvalue weighted by Crippen LogP contribution is 2.24. The molecule has 0 radical (unpaired) electrons. The summed E-state index contributed by atoms with van der Waals surface area (Å²) in [6, 6.07) is 5.57. The molecule has 0 amide bonds. The van der Waals surface area contributed by atoms with E-state index in [9.17, 15) is 4.79 Å². The van der Waals surface area contributed by atoms with E-state index in [0.717, 1.165) is 24.2 Å². The van der Waals surface area contributed by atoms with Crippen LogP contribution in [0.3, 0.4) is 0 Å². The molecule has 2 nitrogen and oxygen atoms in total. The fourth-order valence-electron chi connectivity index (χ4n) is 1.68. The molecule has 0 unspecified atom stereocenters. The minimum atomic E-state index is 0.122. The van der Waals surface area contributed by atoms with Gasteiger partial charge in [-0.2, -0.15) is 0 Å². The molecule has 0 N–H and O–H groups in total. The lowest BCUT2D eigenvalue weighted by molar-refractivity contribution is -0.121. The Bertz CT molecular complexity index is 386. The second-order valence-electron chi connectivity index (χ2n) is 4.43. The van der Waals surface area contributed by atoms with Crippen molar-refractivity contribution in [2.75, 3.05) is 7.11 Å². The Hall–Kier alpha value is -1.02. The summed E-state index contributed by atoms with van der Waals surface area (Å²) in [4.78, 5) is 11.5. The summed E-state index contributed by atoms with van der Waals surface area (Å²) < 4.78 is 5.26. The van der Waals surface area contributed by atoms with Crippen molar-refractivity contribution >= 4 is 17.4 Å². The third-order valence-corrected chi connectivity index (χ3v) is 2.99. The highest BCUT2D eigenvalue weighted by Gasteiger charge is 2.08. The molecule has 0 saturated carbocycles. The van der Waals surface area contributed by atoms with Gasteiger partial charge in [0.15, 0.2) is 0 Å². The van der Waals surface area contributed by atoms with Gasteiger partial charge in [-0.25, -0.2) is 0 Å². The van der Waals surface area contributed by atoms with Gasteiger partial charge >= 0.3 is 0 Å². The number of methoxy groups -OCH3 is 1. The molecule has 1 rings (SSSR count). The number of ether oxygens (including phenoxy) is 1. The quantitative estimate of drug-likeness (QED) is 0.770. The third-order valence-electron chi connectivity index (χ3n) is 2.76. The molecule has 0 fully saturated rings. The summed E-state index contributed by atoms with van der Waals surface area (Å²) in [6.07, 6.45) is 2.28. The Labute approximate surface area is 108 Å². The second-order valence-corrected chi connectivity index (χ2v) is 4.87. The zero-order valence-corrected chi connectivity index (χ0v) is 11.4. The molecule has 0 heterocycles. The summed E-state index contributed by atoms with van der Waals surface area (Å²) >= 11 is 5.94. The Morgan fingerprint density at radius 2 is 2.12 bits per heavy atom. The average molecular weight is 255 g/mol. The molecule has 0 aliphatic carbocycles. The topological polar surface area (TPSA) is 26.3 Å². The lowest BCUT2D eigenvalue weighted by Crippen LogP contribution is -2.07. The molecule has 0 bridgehead atoms. The summed E-state index contributed by atoms with van der Waals surface area (Å²) in [5.41, 5.74) is 1.07. The van der Waals surface area contributed by atoms with Crippen molar-refractivity contribution in [1.82, 2.24) is 0 Å². The van der Waals surface area contributed by atoms with E-state index >= 15 is 0 Å². The molecule has 1 aromatic carbocycles. The number of carbonyl (C=O) groups is 1. The van der Waals surface area contributed by atoms with Crippen LogP contribution in [-0.4, -0.2) is 12.9 Å². The minimum absolute atomic E-state index is 0.122. The van der Waals surface area contributed by atoms with Crippen LogP contribution in [0.4, 0.5) is 0 Å². The van der Waals surface area contributed by atoms with Crippen molar-refractivity contribution in [2.45, 2.75) is 33.1 Å². The van der Waals surface area contributed by atoms with Gasteiger partial charge in [0.1, 0.15) is 11.5 Å². The van der Waals surface area contributed by atoms with Crippen molar-refractivity contribution in [2.24, 2.45) is 5.92 Å². The van der Waals surface area contributed by atoms with Gasteiger partial charge in [-0.3, -0.25) is 4.79 Å². The first-order chi connectivity index (χ1) is 8.04. The fraction of sp³-hybridized carbons (Fsp3) is 0.500. The molecule has 0 aliphatic heterocycles. The predicted molar refractivity (Wildman–Crippen MR) is 70.8 cm³/mol. The van der Waals surface area contributed by atoms with Crippen LogP contribution in [0.15, 0.2) is 18.2 Å². The predicted octanol–water partition coefficient (Wildman–Crippen LogP) is 3.90. The highest BCUT2D eigenvalue weighted by molar-refractivity contribution is 6.30. The summed E-state index contributed by atoms with van der Waals surface area (Å²) in [5.74, 6) is 1.27. The molecule has 17 heavy (non-hydrogen) atoms. The van der Waals surface area contributed by atoms with E-state index in [0.29, 0.717) is 17.2 Å². The van der Waals surface area contributed by atoms with E-state index in [1.807, 2.05) is 32.0 Å². The van der Waals surface area contributed by atoms with Gasteiger partial charge in [-0.05, 0) is 36.6 Å². The minimum Gasteiger partial charge on any atom is -0.496 e. The van der Waals surface area contributed by atoms with Crippen molar-refractivity contribution in [3.05, 3.63) is 28.8 Å². The van der Waals surface area contributed by atoms with E-state index in [-0.39, 0.29) is 5.92 Å². The molecule has 3 heteroatoms. The van der Waals surface area contributed by atoms with E-state index in [4.69, 9.17) is 16.3 Å². The molecule has 0 aliphatic rings. The summed E-state index contributed by atoms with van der Waals surface area (Å²) in [5, 5.41) is 0.705. The van der Waals surface area contributed by atoms with Crippen LogP contribution in [-0.2, 0) is 11.2 Å². The summed E-state index contributed by atoms with van der Waals surface area (Å²) in [7, 11) is 1.64.